The van der Waals surface area contributed by atoms with Crippen LogP contribution >= 0.6 is 0 Å². The molecule has 0 radical (unpaired) electrons. The first kappa shape index (κ1) is 24.9. The van der Waals surface area contributed by atoms with Gasteiger partial charge in [0.2, 0.25) is 0 Å². The van der Waals surface area contributed by atoms with E-state index < -0.39 is 0 Å². The molecule has 6 nitrogen and oxygen atoms in total. The van der Waals surface area contributed by atoms with Gasteiger partial charge >= 0.3 is 8.41 Å². The van der Waals surface area contributed by atoms with Crippen molar-refractivity contribution in [3.63, 3.8) is 0 Å². The first-order valence-corrected chi connectivity index (χ1v) is 4.46. The molecule has 7 heteroatoms. The van der Waals surface area contributed by atoms with Crippen molar-refractivity contribution in [3.05, 3.63) is 0 Å². The number of hydrogen-bond donors (Lipinski definition) is 0. The van der Waals surface area contributed by atoms with Gasteiger partial charge in [0, 0.05) is 41.2 Å². The third-order valence-corrected chi connectivity index (χ3v) is 0.862. The molecule has 0 saturated heterocycles. The van der Waals surface area contributed by atoms with E-state index >= 15 is 0 Å². The molecule has 0 aliphatic carbocycles. The largest absolute Gasteiger partial charge is 3.00 e. The molecule has 96 valence electrons. The van der Waals surface area contributed by atoms with E-state index in [9.17, 15) is 15.3 Å². The fourth-order valence-electron chi connectivity index (χ4n) is 0.250. The van der Waals surface area contributed by atoms with Crippen LogP contribution < -0.4 is 15.3 Å². The van der Waals surface area contributed by atoms with Crippen LogP contribution in [0.5, 0.6) is 0 Å². The van der Waals surface area contributed by atoms with Gasteiger partial charge in [-0.15, -0.1) is 19.8 Å². The Morgan fingerprint density at radius 2 is 0.812 bits per heavy atom. The van der Waals surface area contributed by atoms with Crippen LogP contribution in [0.25, 0.3) is 0 Å². The monoisotopic (exact) mass is 236 g/mol. The van der Waals surface area contributed by atoms with Crippen molar-refractivity contribution in [2.75, 3.05) is 61.0 Å². The van der Waals surface area contributed by atoms with E-state index in [1.54, 1.807) is 0 Å². The quantitative estimate of drug-likeness (QED) is 0.446. The predicted octanol–water partition coefficient (Wildman–Crippen LogP) is -3.40. The normalized spacial score (nSPS) is 7.88. The molecule has 0 N–H and O–H groups in total. The SMILES string of the molecule is COCC[O-].COCC[O-].COCC[O-].[B+3]. The van der Waals surface area contributed by atoms with Gasteiger partial charge in [0.1, 0.15) is 0 Å². The molecular weight excluding hydrogens is 215 g/mol. The van der Waals surface area contributed by atoms with Crippen molar-refractivity contribution in [2.45, 2.75) is 0 Å². The molecule has 0 atom stereocenters. The average Bonchev–Trinajstić information content (AvgIpc) is 2.23. The minimum atomic E-state index is -0.128. The zero-order valence-electron chi connectivity index (χ0n) is 10.3. The molecule has 0 aromatic rings. The Hall–Kier alpha value is -0.175. The van der Waals surface area contributed by atoms with E-state index in [-0.39, 0.29) is 28.2 Å². The molecule has 0 aliphatic heterocycles. The maximum absolute atomic E-state index is 9.40. The average molecular weight is 236 g/mol. The van der Waals surface area contributed by atoms with Crippen LogP contribution in [0.15, 0.2) is 0 Å². The first-order chi connectivity index (χ1) is 7.24. The maximum Gasteiger partial charge on any atom is 3.00 e. The zero-order valence-corrected chi connectivity index (χ0v) is 10.3. The minimum absolute atomic E-state index is 0. The summed E-state index contributed by atoms with van der Waals surface area (Å²) in [6, 6.07) is 0. The van der Waals surface area contributed by atoms with Crippen LogP contribution in [-0.4, -0.2) is 69.4 Å². The van der Waals surface area contributed by atoms with Crippen LogP contribution in [0.4, 0.5) is 0 Å². The van der Waals surface area contributed by atoms with Crippen molar-refractivity contribution < 1.29 is 29.5 Å². The minimum Gasteiger partial charge on any atom is -0.853 e. The van der Waals surface area contributed by atoms with Crippen LogP contribution in [-0.2, 0) is 14.2 Å². The Kier molecular flexibility index (Phi) is 56.6. The van der Waals surface area contributed by atoms with Gasteiger partial charge in [0.15, 0.2) is 0 Å². The van der Waals surface area contributed by atoms with Crippen LogP contribution in [0, 0.1) is 0 Å². The van der Waals surface area contributed by atoms with Gasteiger partial charge in [0.25, 0.3) is 0 Å². The Morgan fingerprint density at radius 1 is 0.625 bits per heavy atom. The number of ether oxygens (including phenoxy) is 3. The summed E-state index contributed by atoms with van der Waals surface area (Å²) in [4.78, 5) is 0. The van der Waals surface area contributed by atoms with Crippen molar-refractivity contribution in [2.24, 2.45) is 0 Å². The molecule has 0 aromatic heterocycles. The molecular formula is C9H21BO6. The fraction of sp³-hybridized carbons (Fsp3) is 1.00. The van der Waals surface area contributed by atoms with Crippen LogP contribution in [0.2, 0.25) is 0 Å². The van der Waals surface area contributed by atoms with Crippen molar-refractivity contribution in [3.8, 4) is 0 Å². The Morgan fingerprint density at radius 3 is 0.812 bits per heavy atom. The summed E-state index contributed by atoms with van der Waals surface area (Å²) < 4.78 is 13.1. The summed E-state index contributed by atoms with van der Waals surface area (Å²) in [6.45, 7) is 0.615. The van der Waals surface area contributed by atoms with E-state index in [4.69, 9.17) is 0 Å². The summed E-state index contributed by atoms with van der Waals surface area (Å²) in [5.41, 5.74) is 0. The topological polar surface area (TPSA) is 96.9 Å². The third kappa shape index (κ3) is 67.0. The van der Waals surface area contributed by atoms with Gasteiger partial charge in [-0.25, -0.2) is 0 Å². The zero-order chi connectivity index (χ0) is 12.4. The smallest absolute Gasteiger partial charge is 0.853 e. The molecule has 0 fully saturated rings. The summed E-state index contributed by atoms with van der Waals surface area (Å²) in [5.74, 6) is 0. The number of methoxy groups -OCH3 is 3. The standard InChI is InChI=1S/3C3H7O2.B/c3*1-5-3-2-4;/h3*2-3H2,1H3;/q3*-1;+3. The van der Waals surface area contributed by atoms with Crippen molar-refractivity contribution >= 4 is 8.41 Å². The summed E-state index contributed by atoms with van der Waals surface area (Å²) in [6.07, 6.45) is 0. The van der Waals surface area contributed by atoms with E-state index in [0.29, 0.717) is 19.8 Å². The maximum atomic E-state index is 9.40. The fourth-order valence-corrected chi connectivity index (χ4v) is 0.250. The van der Waals surface area contributed by atoms with Gasteiger partial charge in [-0.2, -0.15) is 0 Å². The molecule has 0 spiro atoms. The molecule has 0 aliphatic rings. The number of hydrogen-bond acceptors (Lipinski definition) is 6. The van der Waals surface area contributed by atoms with E-state index in [0.717, 1.165) is 0 Å². The van der Waals surface area contributed by atoms with E-state index in [1.165, 1.54) is 21.3 Å². The second-order valence-corrected chi connectivity index (χ2v) is 2.09. The molecule has 0 heterocycles. The Balaban J connectivity index is -0.0000000655. The second kappa shape index (κ2) is 36.4. The Labute approximate surface area is 99.7 Å². The van der Waals surface area contributed by atoms with Crippen molar-refractivity contribution in [1.29, 1.82) is 0 Å². The summed E-state index contributed by atoms with van der Waals surface area (Å²) in [7, 11) is 4.54. The van der Waals surface area contributed by atoms with E-state index in [2.05, 4.69) is 14.2 Å². The third-order valence-electron chi connectivity index (χ3n) is 0.862. The summed E-state index contributed by atoms with van der Waals surface area (Å²) >= 11 is 0. The van der Waals surface area contributed by atoms with Gasteiger partial charge in [0.05, 0.1) is 0 Å². The summed E-state index contributed by atoms with van der Waals surface area (Å²) in [5, 5.41) is 28.2. The van der Waals surface area contributed by atoms with Gasteiger partial charge in [-0.3, -0.25) is 0 Å². The molecule has 0 amide bonds. The molecule has 0 saturated carbocycles. The molecule has 0 aromatic carbocycles. The number of rotatable bonds is 6. The Bertz CT molecular complexity index is 56.8. The van der Waals surface area contributed by atoms with E-state index in [1.807, 2.05) is 0 Å². The molecule has 0 rings (SSSR count). The van der Waals surface area contributed by atoms with Gasteiger partial charge in [-0.05, 0) is 0 Å². The molecule has 0 bridgehead atoms. The van der Waals surface area contributed by atoms with Crippen molar-refractivity contribution in [1.82, 2.24) is 0 Å². The first-order valence-electron chi connectivity index (χ1n) is 4.46. The van der Waals surface area contributed by atoms with Gasteiger partial charge < -0.3 is 29.5 Å². The van der Waals surface area contributed by atoms with Gasteiger partial charge in [-0.1, -0.05) is 0 Å². The molecule has 0 unspecified atom stereocenters. The van der Waals surface area contributed by atoms with Crippen LogP contribution in [0.3, 0.4) is 0 Å². The predicted molar refractivity (Wildman–Crippen MR) is 56.0 cm³/mol. The second-order valence-electron chi connectivity index (χ2n) is 2.09. The molecule has 16 heavy (non-hydrogen) atoms. The van der Waals surface area contributed by atoms with Crippen LogP contribution in [0.1, 0.15) is 0 Å².